The highest BCUT2D eigenvalue weighted by Gasteiger charge is 2.23. The maximum absolute atomic E-state index is 13.1. The second-order valence-electron chi connectivity index (χ2n) is 6.93. The molecule has 0 spiro atoms. The lowest BCUT2D eigenvalue weighted by molar-refractivity contribution is -0.385. The van der Waals surface area contributed by atoms with E-state index in [4.69, 9.17) is 9.47 Å². The van der Waals surface area contributed by atoms with E-state index in [1.54, 1.807) is 18.3 Å². The van der Waals surface area contributed by atoms with Crippen molar-refractivity contribution in [3.8, 4) is 11.5 Å². The van der Waals surface area contributed by atoms with Gasteiger partial charge < -0.3 is 9.47 Å². The van der Waals surface area contributed by atoms with E-state index in [0.717, 1.165) is 36.1 Å². The SMILES string of the molecule is Cc1nc2sc3c(c2c(=O)n1N=Cc1cc2c(cc1[N+](=O)[O-])OCO2)CCCC3. The number of nitro benzene ring substituents is 1. The number of thiophene rings is 1. The second-order valence-corrected chi connectivity index (χ2v) is 8.02. The average molecular weight is 412 g/mol. The molecule has 9 nitrogen and oxygen atoms in total. The number of hydrogen-bond donors (Lipinski definition) is 0. The molecule has 29 heavy (non-hydrogen) atoms. The Morgan fingerprint density at radius 2 is 2.03 bits per heavy atom. The molecule has 5 rings (SSSR count). The Labute approximate surface area is 168 Å². The van der Waals surface area contributed by atoms with Crippen LogP contribution in [-0.2, 0) is 12.8 Å². The summed E-state index contributed by atoms with van der Waals surface area (Å²) in [7, 11) is 0. The van der Waals surface area contributed by atoms with Gasteiger partial charge in [0, 0.05) is 4.88 Å². The summed E-state index contributed by atoms with van der Waals surface area (Å²) < 4.78 is 11.7. The maximum Gasteiger partial charge on any atom is 0.283 e. The van der Waals surface area contributed by atoms with Gasteiger partial charge in [-0.1, -0.05) is 0 Å². The first-order valence-electron chi connectivity index (χ1n) is 9.19. The third-order valence-electron chi connectivity index (χ3n) is 5.16. The Bertz CT molecular complexity index is 1260. The molecular formula is C19H16N4O5S. The van der Waals surface area contributed by atoms with Crippen molar-refractivity contribution in [1.82, 2.24) is 9.66 Å². The Morgan fingerprint density at radius 1 is 1.28 bits per heavy atom. The molecule has 0 bridgehead atoms. The van der Waals surface area contributed by atoms with Gasteiger partial charge in [-0.25, -0.2) is 4.98 Å². The zero-order valence-corrected chi connectivity index (χ0v) is 16.3. The number of fused-ring (bicyclic) bond motifs is 4. The molecule has 0 saturated carbocycles. The minimum absolute atomic E-state index is 0.00943. The van der Waals surface area contributed by atoms with Crippen LogP contribution in [-0.4, -0.2) is 27.6 Å². The number of benzene rings is 1. The summed E-state index contributed by atoms with van der Waals surface area (Å²) in [5, 5.41) is 16.3. The molecule has 148 valence electrons. The lowest BCUT2D eigenvalue weighted by atomic mass is 9.97. The van der Waals surface area contributed by atoms with E-state index >= 15 is 0 Å². The van der Waals surface area contributed by atoms with Crippen LogP contribution in [0.2, 0.25) is 0 Å². The summed E-state index contributed by atoms with van der Waals surface area (Å²) in [6, 6.07) is 2.79. The number of rotatable bonds is 3. The van der Waals surface area contributed by atoms with Gasteiger partial charge in [0.2, 0.25) is 6.79 Å². The first kappa shape index (κ1) is 17.8. The van der Waals surface area contributed by atoms with Gasteiger partial charge in [0.1, 0.15) is 10.7 Å². The molecule has 3 heterocycles. The van der Waals surface area contributed by atoms with Gasteiger partial charge in [-0.2, -0.15) is 9.78 Å². The zero-order chi connectivity index (χ0) is 20.1. The minimum Gasteiger partial charge on any atom is -0.454 e. The van der Waals surface area contributed by atoms with Crippen LogP contribution in [0.25, 0.3) is 10.2 Å². The van der Waals surface area contributed by atoms with Crippen molar-refractivity contribution in [2.45, 2.75) is 32.6 Å². The highest BCUT2D eigenvalue weighted by atomic mass is 32.1. The molecule has 0 radical (unpaired) electrons. The molecule has 0 fully saturated rings. The summed E-state index contributed by atoms with van der Waals surface area (Å²) in [6.45, 7) is 1.71. The van der Waals surface area contributed by atoms with Crippen molar-refractivity contribution in [1.29, 1.82) is 0 Å². The monoisotopic (exact) mass is 412 g/mol. The average Bonchev–Trinajstić information content (AvgIpc) is 3.30. The fourth-order valence-corrected chi connectivity index (χ4v) is 5.06. The molecule has 0 N–H and O–H groups in total. The summed E-state index contributed by atoms with van der Waals surface area (Å²) >= 11 is 1.58. The van der Waals surface area contributed by atoms with E-state index in [0.29, 0.717) is 22.7 Å². The normalized spacial score (nSPS) is 15.2. The predicted molar refractivity (Wildman–Crippen MR) is 107 cm³/mol. The molecule has 1 aromatic carbocycles. The number of nitro groups is 1. The van der Waals surface area contributed by atoms with Gasteiger partial charge in [0.15, 0.2) is 11.5 Å². The summed E-state index contributed by atoms with van der Waals surface area (Å²) in [5.74, 6) is 1.15. The molecular weight excluding hydrogens is 396 g/mol. The van der Waals surface area contributed by atoms with Gasteiger partial charge in [0.05, 0.1) is 28.2 Å². The summed E-state index contributed by atoms with van der Waals surface area (Å²) in [4.78, 5) is 30.6. The summed E-state index contributed by atoms with van der Waals surface area (Å²) in [5.41, 5.74) is 0.877. The topological polar surface area (TPSA) is 109 Å². The second kappa shape index (κ2) is 6.66. The highest BCUT2D eigenvalue weighted by molar-refractivity contribution is 7.18. The van der Waals surface area contributed by atoms with Crippen LogP contribution in [0.3, 0.4) is 0 Å². The Kier molecular flexibility index (Phi) is 4.09. The molecule has 1 aliphatic heterocycles. The molecule has 1 aliphatic carbocycles. The van der Waals surface area contributed by atoms with E-state index in [1.165, 1.54) is 27.9 Å². The van der Waals surface area contributed by atoms with E-state index in [9.17, 15) is 14.9 Å². The van der Waals surface area contributed by atoms with Crippen LogP contribution in [0, 0.1) is 17.0 Å². The van der Waals surface area contributed by atoms with Crippen molar-refractivity contribution in [3.05, 3.63) is 54.4 Å². The fraction of sp³-hybridized carbons (Fsp3) is 0.316. The van der Waals surface area contributed by atoms with Gasteiger partial charge in [0.25, 0.3) is 11.2 Å². The largest absolute Gasteiger partial charge is 0.454 e. The van der Waals surface area contributed by atoms with E-state index in [1.807, 2.05) is 0 Å². The Balaban J connectivity index is 1.63. The third-order valence-corrected chi connectivity index (χ3v) is 6.35. The fourth-order valence-electron chi connectivity index (χ4n) is 3.76. The lowest BCUT2D eigenvalue weighted by Crippen LogP contribution is -2.21. The van der Waals surface area contributed by atoms with E-state index in [2.05, 4.69) is 10.1 Å². The number of hydrogen-bond acceptors (Lipinski definition) is 8. The van der Waals surface area contributed by atoms with Crippen LogP contribution < -0.4 is 15.0 Å². The van der Waals surface area contributed by atoms with Crippen molar-refractivity contribution in [3.63, 3.8) is 0 Å². The molecule has 0 unspecified atom stereocenters. The van der Waals surface area contributed by atoms with Crippen LogP contribution in [0.4, 0.5) is 5.69 Å². The van der Waals surface area contributed by atoms with Crippen LogP contribution in [0.5, 0.6) is 11.5 Å². The standard InChI is InChI=1S/C19H16N4O5S/c1-10-21-18-17(12-4-2-3-5-16(12)29-18)19(24)22(10)20-8-11-6-14-15(28-9-27-14)7-13(11)23(25)26/h6-8H,2-5,9H2,1H3. The molecule has 10 heteroatoms. The maximum atomic E-state index is 13.1. The third kappa shape index (κ3) is 2.87. The first-order chi connectivity index (χ1) is 14.0. The van der Waals surface area contributed by atoms with Crippen molar-refractivity contribution in [2.75, 3.05) is 6.79 Å². The number of aryl methyl sites for hydroxylation is 3. The summed E-state index contributed by atoms with van der Waals surface area (Å²) in [6.07, 6.45) is 5.31. The Hall–Kier alpha value is -3.27. The molecule has 0 atom stereocenters. The quantitative estimate of drug-likeness (QED) is 0.371. The van der Waals surface area contributed by atoms with Crippen molar-refractivity contribution >= 4 is 33.5 Å². The van der Waals surface area contributed by atoms with E-state index in [-0.39, 0.29) is 23.6 Å². The van der Waals surface area contributed by atoms with Crippen LogP contribution in [0.15, 0.2) is 22.0 Å². The molecule has 0 amide bonds. The number of ether oxygens (including phenoxy) is 2. The van der Waals surface area contributed by atoms with Gasteiger partial charge in [-0.3, -0.25) is 14.9 Å². The van der Waals surface area contributed by atoms with Gasteiger partial charge in [-0.05, 0) is 44.2 Å². The molecule has 2 aromatic heterocycles. The Morgan fingerprint density at radius 3 is 2.83 bits per heavy atom. The highest BCUT2D eigenvalue weighted by Crippen LogP contribution is 2.37. The first-order valence-corrected chi connectivity index (χ1v) is 10.0. The molecule has 2 aliphatic rings. The minimum atomic E-state index is -0.518. The van der Waals surface area contributed by atoms with Gasteiger partial charge >= 0.3 is 0 Å². The number of aromatic nitrogens is 2. The zero-order valence-electron chi connectivity index (χ0n) is 15.5. The van der Waals surface area contributed by atoms with Gasteiger partial charge in [-0.15, -0.1) is 11.3 Å². The molecule has 0 saturated heterocycles. The van der Waals surface area contributed by atoms with Crippen molar-refractivity contribution in [2.24, 2.45) is 5.10 Å². The van der Waals surface area contributed by atoms with Crippen LogP contribution >= 0.6 is 11.3 Å². The number of nitrogens with zero attached hydrogens (tertiary/aromatic N) is 4. The van der Waals surface area contributed by atoms with E-state index < -0.39 is 4.92 Å². The molecule has 3 aromatic rings. The van der Waals surface area contributed by atoms with Crippen molar-refractivity contribution < 1.29 is 14.4 Å². The predicted octanol–water partition coefficient (Wildman–Crippen LogP) is 3.16. The smallest absolute Gasteiger partial charge is 0.283 e. The lowest BCUT2D eigenvalue weighted by Gasteiger charge is -2.10. The van der Waals surface area contributed by atoms with Crippen LogP contribution in [0.1, 0.15) is 34.7 Å².